The summed E-state index contributed by atoms with van der Waals surface area (Å²) in [5, 5.41) is 9.49. The average Bonchev–Trinajstić information content (AvgIpc) is 2.70. The van der Waals surface area contributed by atoms with Gasteiger partial charge in [-0.2, -0.15) is 0 Å². The predicted molar refractivity (Wildman–Crippen MR) is 108 cm³/mol. The van der Waals surface area contributed by atoms with Gasteiger partial charge in [-0.05, 0) is 43.4 Å². The van der Waals surface area contributed by atoms with E-state index in [0.717, 1.165) is 52.0 Å². The fourth-order valence-corrected chi connectivity index (χ4v) is 3.94. The lowest BCUT2D eigenvalue weighted by Crippen LogP contribution is -2.53. The van der Waals surface area contributed by atoms with E-state index in [9.17, 15) is 5.11 Å². The molecule has 0 unspecified atom stereocenters. The second-order valence-corrected chi connectivity index (χ2v) is 7.33. The van der Waals surface area contributed by atoms with E-state index in [1.165, 1.54) is 17.5 Å². The third-order valence-corrected chi connectivity index (χ3v) is 5.46. The molecule has 1 saturated heterocycles. The average molecular weight is 353 g/mol. The molecule has 1 heterocycles. The Kier molecular flexibility index (Phi) is 7.68. The van der Waals surface area contributed by atoms with Crippen molar-refractivity contribution in [2.24, 2.45) is 0 Å². The van der Waals surface area contributed by atoms with Crippen LogP contribution in [0.2, 0.25) is 0 Å². The SMILES string of the molecule is OCC[C@H]1CN(CCc2ccccc2)CCN1CCCc1ccccc1. The zero-order chi connectivity index (χ0) is 18.0. The van der Waals surface area contributed by atoms with Gasteiger partial charge in [-0.1, -0.05) is 60.7 Å². The molecule has 3 nitrogen and oxygen atoms in total. The molecule has 3 heteroatoms. The maximum atomic E-state index is 9.49. The van der Waals surface area contributed by atoms with Crippen LogP contribution in [0.5, 0.6) is 0 Å². The number of aliphatic hydroxyl groups is 1. The predicted octanol–water partition coefficient (Wildman–Crippen LogP) is 3.23. The molecule has 0 bridgehead atoms. The smallest absolute Gasteiger partial charge is 0.0446 e. The highest BCUT2D eigenvalue weighted by Gasteiger charge is 2.25. The van der Waals surface area contributed by atoms with Gasteiger partial charge in [0.2, 0.25) is 0 Å². The van der Waals surface area contributed by atoms with Crippen molar-refractivity contribution < 1.29 is 5.11 Å². The standard InChI is InChI=1S/C23H32N2O/c26-19-14-23-20-24(16-13-22-10-5-2-6-11-22)17-18-25(23)15-7-12-21-8-3-1-4-9-21/h1-6,8-11,23,26H,7,12-20H2/t23-/m0/s1. The van der Waals surface area contributed by atoms with Crippen molar-refractivity contribution in [2.75, 3.05) is 39.3 Å². The molecule has 0 aliphatic carbocycles. The second-order valence-electron chi connectivity index (χ2n) is 7.33. The molecule has 2 aromatic rings. The Morgan fingerprint density at radius 1 is 0.808 bits per heavy atom. The van der Waals surface area contributed by atoms with Gasteiger partial charge in [0, 0.05) is 38.8 Å². The van der Waals surface area contributed by atoms with Gasteiger partial charge >= 0.3 is 0 Å². The molecule has 0 saturated carbocycles. The van der Waals surface area contributed by atoms with Crippen LogP contribution in [0.25, 0.3) is 0 Å². The fourth-order valence-electron chi connectivity index (χ4n) is 3.94. The van der Waals surface area contributed by atoms with Crippen molar-refractivity contribution in [1.29, 1.82) is 0 Å². The van der Waals surface area contributed by atoms with E-state index < -0.39 is 0 Å². The summed E-state index contributed by atoms with van der Waals surface area (Å²) < 4.78 is 0. The molecule has 0 amide bonds. The van der Waals surface area contributed by atoms with Crippen molar-refractivity contribution in [3.8, 4) is 0 Å². The highest BCUT2D eigenvalue weighted by atomic mass is 16.3. The third kappa shape index (κ3) is 5.94. The number of nitrogens with zero attached hydrogens (tertiary/aromatic N) is 2. The number of aryl methyl sites for hydroxylation is 1. The van der Waals surface area contributed by atoms with Crippen LogP contribution in [0.3, 0.4) is 0 Å². The third-order valence-electron chi connectivity index (χ3n) is 5.46. The minimum atomic E-state index is 0.284. The molecular formula is C23H32N2O. The van der Waals surface area contributed by atoms with Gasteiger partial charge in [-0.3, -0.25) is 4.90 Å². The van der Waals surface area contributed by atoms with Crippen LogP contribution in [-0.2, 0) is 12.8 Å². The van der Waals surface area contributed by atoms with Gasteiger partial charge < -0.3 is 10.0 Å². The Labute approximate surface area is 158 Å². The van der Waals surface area contributed by atoms with Crippen LogP contribution in [0.1, 0.15) is 24.0 Å². The highest BCUT2D eigenvalue weighted by Crippen LogP contribution is 2.15. The zero-order valence-electron chi connectivity index (χ0n) is 15.8. The Hall–Kier alpha value is -1.68. The Morgan fingerprint density at radius 3 is 2.12 bits per heavy atom. The minimum absolute atomic E-state index is 0.284. The van der Waals surface area contributed by atoms with Crippen molar-refractivity contribution in [3.05, 3.63) is 71.8 Å². The largest absolute Gasteiger partial charge is 0.396 e. The molecule has 0 radical (unpaired) electrons. The lowest BCUT2D eigenvalue weighted by Gasteiger charge is -2.41. The summed E-state index contributed by atoms with van der Waals surface area (Å²) in [7, 11) is 0. The van der Waals surface area contributed by atoms with Gasteiger partial charge in [0.1, 0.15) is 0 Å². The molecule has 0 spiro atoms. The van der Waals surface area contributed by atoms with E-state index in [-0.39, 0.29) is 6.61 Å². The normalized spacial score (nSPS) is 18.9. The van der Waals surface area contributed by atoms with E-state index in [0.29, 0.717) is 6.04 Å². The monoisotopic (exact) mass is 352 g/mol. The molecule has 1 aliphatic heterocycles. The molecule has 1 aliphatic rings. The Balaban J connectivity index is 1.44. The Bertz CT molecular complexity index is 617. The van der Waals surface area contributed by atoms with Gasteiger partial charge in [-0.15, -0.1) is 0 Å². The van der Waals surface area contributed by atoms with Gasteiger partial charge in [-0.25, -0.2) is 0 Å². The van der Waals surface area contributed by atoms with E-state index in [4.69, 9.17) is 0 Å². The topological polar surface area (TPSA) is 26.7 Å². The zero-order valence-corrected chi connectivity index (χ0v) is 15.8. The van der Waals surface area contributed by atoms with Crippen LogP contribution in [-0.4, -0.2) is 60.3 Å². The maximum absolute atomic E-state index is 9.49. The Morgan fingerprint density at radius 2 is 1.46 bits per heavy atom. The fraction of sp³-hybridized carbons (Fsp3) is 0.478. The highest BCUT2D eigenvalue weighted by molar-refractivity contribution is 5.15. The summed E-state index contributed by atoms with van der Waals surface area (Å²) in [5.74, 6) is 0. The van der Waals surface area contributed by atoms with E-state index in [1.807, 2.05) is 0 Å². The van der Waals surface area contributed by atoms with E-state index in [1.54, 1.807) is 0 Å². The van der Waals surface area contributed by atoms with Crippen LogP contribution >= 0.6 is 0 Å². The lowest BCUT2D eigenvalue weighted by molar-refractivity contribution is 0.0591. The van der Waals surface area contributed by atoms with Crippen molar-refractivity contribution in [1.82, 2.24) is 9.80 Å². The van der Waals surface area contributed by atoms with Gasteiger partial charge in [0.05, 0.1) is 0 Å². The summed E-state index contributed by atoms with van der Waals surface area (Å²) in [6.07, 6.45) is 4.32. The molecule has 0 aromatic heterocycles. The maximum Gasteiger partial charge on any atom is 0.0446 e. The summed E-state index contributed by atoms with van der Waals surface area (Å²) >= 11 is 0. The molecule has 2 aromatic carbocycles. The summed E-state index contributed by atoms with van der Waals surface area (Å²) in [4.78, 5) is 5.17. The number of rotatable bonds is 9. The van der Waals surface area contributed by atoms with Crippen molar-refractivity contribution in [3.63, 3.8) is 0 Å². The number of benzene rings is 2. The summed E-state index contributed by atoms with van der Waals surface area (Å²) in [6, 6.07) is 22.0. The van der Waals surface area contributed by atoms with Crippen LogP contribution in [0.4, 0.5) is 0 Å². The first-order valence-corrected chi connectivity index (χ1v) is 10.0. The molecule has 140 valence electrons. The minimum Gasteiger partial charge on any atom is -0.396 e. The van der Waals surface area contributed by atoms with Gasteiger partial charge in [0.15, 0.2) is 0 Å². The number of aliphatic hydroxyl groups excluding tert-OH is 1. The van der Waals surface area contributed by atoms with Crippen molar-refractivity contribution in [2.45, 2.75) is 31.7 Å². The molecule has 1 atom stereocenters. The van der Waals surface area contributed by atoms with Crippen LogP contribution < -0.4 is 0 Å². The molecule has 1 fully saturated rings. The van der Waals surface area contributed by atoms with E-state index >= 15 is 0 Å². The number of hydrogen-bond acceptors (Lipinski definition) is 3. The first kappa shape index (κ1) is 19.1. The molecular weight excluding hydrogens is 320 g/mol. The second kappa shape index (κ2) is 10.5. The lowest BCUT2D eigenvalue weighted by atomic mass is 10.1. The van der Waals surface area contributed by atoms with Crippen molar-refractivity contribution >= 4 is 0 Å². The van der Waals surface area contributed by atoms with Crippen LogP contribution in [0, 0.1) is 0 Å². The summed E-state index contributed by atoms with van der Waals surface area (Å²) in [5.41, 5.74) is 2.84. The quantitative estimate of drug-likeness (QED) is 0.751. The van der Waals surface area contributed by atoms with E-state index in [2.05, 4.69) is 70.5 Å². The molecule has 1 N–H and O–H groups in total. The van der Waals surface area contributed by atoms with Gasteiger partial charge in [0.25, 0.3) is 0 Å². The van der Waals surface area contributed by atoms with Crippen LogP contribution in [0.15, 0.2) is 60.7 Å². The first-order chi connectivity index (χ1) is 12.8. The number of piperazine rings is 1. The molecule has 3 rings (SSSR count). The molecule has 26 heavy (non-hydrogen) atoms. The number of hydrogen-bond donors (Lipinski definition) is 1. The summed E-state index contributed by atoms with van der Waals surface area (Å²) in [6.45, 7) is 5.87. The first-order valence-electron chi connectivity index (χ1n) is 10.0.